The highest BCUT2D eigenvalue weighted by Gasteiger charge is 1.98. The van der Waals surface area contributed by atoms with Crippen LogP contribution in [0.3, 0.4) is 0 Å². The number of halogens is 3. The normalized spacial score (nSPS) is 8.54. The summed E-state index contributed by atoms with van der Waals surface area (Å²) >= 11 is 16.8. The van der Waals surface area contributed by atoms with Gasteiger partial charge in [-0.25, -0.2) is 4.79 Å². The largest absolute Gasteiger partial charge is 0.503 e. The molecular weight excluding hydrogens is 238 g/mol. The molecule has 0 heterocycles. The first-order chi connectivity index (χ1) is 5.95. The third-order valence-corrected chi connectivity index (χ3v) is 2.14. The van der Waals surface area contributed by atoms with Gasteiger partial charge in [0.2, 0.25) is 0 Å². The van der Waals surface area contributed by atoms with Gasteiger partial charge in [0.1, 0.15) is 0 Å². The summed E-state index contributed by atoms with van der Waals surface area (Å²) in [6, 6.07) is 5.13. The van der Waals surface area contributed by atoms with Gasteiger partial charge in [-0.15, -0.1) is 0 Å². The van der Waals surface area contributed by atoms with Crippen LogP contribution in [0.2, 0.25) is 15.1 Å². The molecule has 0 amide bonds. The van der Waals surface area contributed by atoms with Crippen molar-refractivity contribution in [3.8, 4) is 0 Å². The van der Waals surface area contributed by atoms with Gasteiger partial charge >= 0.3 is 6.16 Å². The second-order valence-corrected chi connectivity index (χ2v) is 3.01. The molecule has 0 aromatic heterocycles. The van der Waals surface area contributed by atoms with Gasteiger partial charge in [-0.1, -0.05) is 40.9 Å². The smallest absolute Gasteiger partial charge is 0.450 e. The van der Waals surface area contributed by atoms with Crippen molar-refractivity contribution in [1.82, 2.24) is 0 Å². The van der Waals surface area contributed by atoms with Gasteiger partial charge in [0, 0.05) is 0 Å². The Morgan fingerprint density at radius 2 is 1.38 bits per heavy atom. The first-order valence-electron chi connectivity index (χ1n) is 2.96. The number of carbonyl (C=O) groups is 1. The minimum atomic E-state index is -1.83. The second-order valence-electron chi connectivity index (χ2n) is 1.82. The second kappa shape index (κ2) is 5.91. The third-order valence-electron chi connectivity index (χ3n) is 0.904. The van der Waals surface area contributed by atoms with E-state index in [2.05, 4.69) is 0 Å². The monoisotopic (exact) mass is 242 g/mol. The molecule has 1 aromatic carbocycles. The van der Waals surface area contributed by atoms with Crippen molar-refractivity contribution in [3.63, 3.8) is 0 Å². The van der Waals surface area contributed by atoms with E-state index in [0.29, 0.717) is 15.1 Å². The van der Waals surface area contributed by atoms with E-state index in [-0.39, 0.29) is 0 Å². The summed E-state index contributed by atoms with van der Waals surface area (Å²) in [6.45, 7) is 0. The van der Waals surface area contributed by atoms with Crippen LogP contribution in [0.15, 0.2) is 18.2 Å². The predicted octanol–water partition coefficient (Wildman–Crippen LogP) is 3.87. The van der Waals surface area contributed by atoms with E-state index in [1.54, 1.807) is 18.2 Å². The fourth-order valence-corrected chi connectivity index (χ4v) is 1.00. The van der Waals surface area contributed by atoms with E-state index in [4.69, 9.17) is 49.8 Å². The summed E-state index contributed by atoms with van der Waals surface area (Å²) in [4.78, 5) is 8.56. The van der Waals surface area contributed by atoms with Crippen molar-refractivity contribution in [2.24, 2.45) is 0 Å². The topological polar surface area (TPSA) is 57.5 Å². The molecule has 0 spiro atoms. The highest BCUT2D eigenvalue weighted by Crippen LogP contribution is 2.28. The molecule has 0 aliphatic heterocycles. The number of carboxylic acid groups (broad SMARTS) is 2. The standard InChI is InChI=1S/C6H3Cl3.CH2O3/c7-4-2-1-3-5(8)6(4)9;2-1(3)4/h1-3H;(H2,2,3,4). The first-order valence-corrected chi connectivity index (χ1v) is 4.10. The van der Waals surface area contributed by atoms with Crippen LogP contribution in [0, 0.1) is 0 Å². The van der Waals surface area contributed by atoms with Crippen LogP contribution in [-0.4, -0.2) is 16.4 Å². The lowest BCUT2D eigenvalue weighted by Gasteiger charge is -1.94. The van der Waals surface area contributed by atoms with E-state index < -0.39 is 6.16 Å². The zero-order valence-corrected chi connectivity index (χ0v) is 8.44. The molecule has 13 heavy (non-hydrogen) atoms. The van der Waals surface area contributed by atoms with Crippen LogP contribution in [0.1, 0.15) is 0 Å². The van der Waals surface area contributed by atoms with Gasteiger partial charge in [-0.2, -0.15) is 0 Å². The highest BCUT2D eigenvalue weighted by molar-refractivity contribution is 6.47. The van der Waals surface area contributed by atoms with E-state index in [0.717, 1.165) is 0 Å². The van der Waals surface area contributed by atoms with Crippen molar-refractivity contribution in [3.05, 3.63) is 33.3 Å². The number of rotatable bonds is 0. The van der Waals surface area contributed by atoms with Crippen LogP contribution >= 0.6 is 34.8 Å². The minimum Gasteiger partial charge on any atom is -0.450 e. The molecule has 0 radical (unpaired) electrons. The Morgan fingerprint density at radius 3 is 1.62 bits per heavy atom. The fraction of sp³-hybridized carbons (Fsp3) is 0. The van der Waals surface area contributed by atoms with Gasteiger partial charge < -0.3 is 10.2 Å². The Kier molecular flexibility index (Phi) is 5.62. The molecule has 0 aliphatic rings. The van der Waals surface area contributed by atoms with Crippen molar-refractivity contribution in [2.45, 2.75) is 0 Å². The SMILES string of the molecule is Clc1cccc(Cl)c1Cl.O=C(O)O. The summed E-state index contributed by atoms with van der Waals surface area (Å²) in [7, 11) is 0. The molecular formula is C7H5Cl3O3. The number of benzene rings is 1. The van der Waals surface area contributed by atoms with Crippen LogP contribution in [0.4, 0.5) is 4.79 Å². The summed E-state index contributed by atoms with van der Waals surface area (Å²) in [6.07, 6.45) is -1.83. The van der Waals surface area contributed by atoms with Gasteiger partial charge in [0.25, 0.3) is 0 Å². The van der Waals surface area contributed by atoms with Gasteiger partial charge in [-0.3, -0.25) is 0 Å². The molecule has 0 saturated heterocycles. The Hall–Kier alpha value is -0.640. The minimum absolute atomic E-state index is 0.417. The fourth-order valence-electron chi connectivity index (χ4n) is 0.477. The number of hydrogen-bond donors (Lipinski definition) is 2. The maximum absolute atomic E-state index is 8.56. The lowest BCUT2D eigenvalue weighted by Crippen LogP contribution is -1.81. The van der Waals surface area contributed by atoms with E-state index in [9.17, 15) is 0 Å². The van der Waals surface area contributed by atoms with Crippen LogP contribution in [-0.2, 0) is 0 Å². The molecule has 72 valence electrons. The first kappa shape index (κ1) is 12.4. The quantitative estimate of drug-likeness (QED) is 0.680. The van der Waals surface area contributed by atoms with Crippen LogP contribution in [0.25, 0.3) is 0 Å². The molecule has 1 rings (SSSR count). The molecule has 0 atom stereocenters. The van der Waals surface area contributed by atoms with Crippen molar-refractivity contribution < 1.29 is 15.0 Å². The van der Waals surface area contributed by atoms with Gasteiger partial charge in [0.15, 0.2) is 0 Å². The van der Waals surface area contributed by atoms with Crippen LogP contribution < -0.4 is 0 Å². The maximum atomic E-state index is 8.56. The van der Waals surface area contributed by atoms with Crippen molar-refractivity contribution in [1.29, 1.82) is 0 Å². The molecule has 0 aliphatic carbocycles. The molecule has 3 nitrogen and oxygen atoms in total. The molecule has 1 aromatic rings. The van der Waals surface area contributed by atoms with Gasteiger partial charge in [0.05, 0.1) is 15.1 Å². The summed E-state index contributed by atoms with van der Waals surface area (Å²) in [5, 5.41) is 15.3. The molecule has 2 N–H and O–H groups in total. The average Bonchev–Trinajstić information content (AvgIpc) is 1.99. The predicted molar refractivity (Wildman–Crippen MR) is 52.1 cm³/mol. The lowest BCUT2D eigenvalue weighted by atomic mass is 10.4. The average molecular weight is 243 g/mol. The van der Waals surface area contributed by atoms with Crippen molar-refractivity contribution in [2.75, 3.05) is 0 Å². The van der Waals surface area contributed by atoms with Gasteiger partial charge in [-0.05, 0) is 12.1 Å². The molecule has 0 saturated carbocycles. The lowest BCUT2D eigenvalue weighted by molar-refractivity contribution is 0.137. The summed E-state index contributed by atoms with van der Waals surface area (Å²) < 4.78 is 0. The Labute approximate surface area is 89.5 Å². The van der Waals surface area contributed by atoms with E-state index >= 15 is 0 Å². The Balaban J connectivity index is 0.000000310. The van der Waals surface area contributed by atoms with Crippen molar-refractivity contribution >= 4 is 41.0 Å². The molecule has 0 unspecified atom stereocenters. The molecule has 6 heteroatoms. The van der Waals surface area contributed by atoms with Crippen LogP contribution in [0.5, 0.6) is 0 Å². The Morgan fingerprint density at radius 1 is 1.08 bits per heavy atom. The number of hydrogen-bond acceptors (Lipinski definition) is 1. The Bertz CT molecular complexity index is 277. The molecule has 0 bridgehead atoms. The van der Waals surface area contributed by atoms with E-state index in [1.165, 1.54) is 0 Å². The molecule has 0 fully saturated rings. The maximum Gasteiger partial charge on any atom is 0.503 e. The summed E-state index contributed by atoms with van der Waals surface area (Å²) in [5.74, 6) is 0. The zero-order valence-electron chi connectivity index (χ0n) is 6.17. The van der Waals surface area contributed by atoms with E-state index in [1.807, 2.05) is 0 Å². The zero-order chi connectivity index (χ0) is 10.4. The third kappa shape index (κ3) is 5.58. The summed E-state index contributed by atoms with van der Waals surface area (Å²) in [5.41, 5.74) is 0. The highest BCUT2D eigenvalue weighted by atomic mass is 35.5.